The highest BCUT2D eigenvalue weighted by molar-refractivity contribution is 7.97. The summed E-state index contributed by atoms with van der Waals surface area (Å²) >= 11 is 1.82. The Labute approximate surface area is 111 Å². The molecule has 0 amide bonds. The molecule has 0 heterocycles. The molecule has 0 radical (unpaired) electrons. The Morgan fingerprint density at radius 2 is 1.39 bits per heavy atom. The molecule has 0 aliphatic heterocycles. The van der Waals surface area contributed by atoms with Crippen molar-refractivity contribution in [3.05, 3.63) is 65.5 Å². The van der Waals surface area contributed by atoms with Gasteiger partial charge in [-0.25, -0.2) is 4.39 Å². The van der Waals surface area contributed by atoms with Gasteiger partial charge in [-0.2, -0.15) is 11.8 Å². The minimum Gasteiger partial charge on any atom is -0.497 e. The normalized spacial score (nSPS) is 10.3. The van der Waals surface area contributed by atoms with Crippen molar-refractivity contribution in [2.75, 3.05) is 7.11 Å². The first-order chi connectivity index (χ1) is 8.78. The van der Waals surface area contributed by atoms with Crippen LogP contribution in [0, 0.1) is 5.82 Å². The average molecular weight is 262 g/mol. The van der Waals surface area contributed by atoms with E-state index >= 15 is 0 Å². The second kappa shape index (κ2) is 6.45. The van der Waals surface area contributed by atoms with Gasteiger partial charge in [-0.1, -0.05) is 24.3 Å². The van der Waals surface area contributed by atoms with Crippen LogP contribution >= 0.6 is 11.8 Å². The highest BCUT2D eigenvalue weighted by Gasteiger charge is 1.97. The van der Waals surface area contributed by atoms with Gasteiger partial charge >= 0.3 is 0 Å². The summed E-state index contributed by atoms with van der Waals surface area (Å²) in [6, 6.07) is 14.7. The van der Waals surface area contributed by atoms with Crippen molar-refractivity contribution in [3.8, 4) is 5.75 Å². The topological polar surface area (TPSA) is 9.23 Å². The van der Waals surface area contributed by atoms with Gasteiger partial charge < -0.3 is 4.74 Å². The molecule has 0 atom stereocenters. The molecule has 0 spiro atoms. The van der Waals surface area contributed by atoms with Crippen molar-refractivity contribution in [2.45, 2.75) is 11.5 Å². The second-order valence-corrected chi connectivity index (χ2v) is 4.95. The molecule has 0 aliphatic carbocycles. The molecule has 0 N–H and O–H groups in total. The molecule has 3 heteroatoms. The SMILES string of the molecule is COc1ccc(CSCc2ccc(F)cc2)cc1. The zero-order valence-corrected chi connectivity index (χ0v) is 11.0. The zero-order chi connectivity index (χ0) is 12.8. The minimum atomic E-state index is -0.182. The summed E-state index contributed by atoms with van der Waals surface area (Å²) in [5, 5.41) is 0. The third-order valence-electron chi connectivity index (χ3n) is 2.61. The number of ether oxygens (including phenoxy) is 1. The quantitative estimate of drug-likeness (QED) is 0.796. The van der Waals surface area contributed by atoms with Crippen molar-refractivity contribution < 1.29 is 9.13 Å². The van der Waals surface area contributed by atoms with E-state index in [2.05, 4.69) is 12.1 Å². The maximum atomic E-state index is 12.7. The van der Waals surface area contributed by atoms with Crippen LogP contribution in [-0.4, -0.2) is 7.11 Å². The molecular weight excluding hydrogens is 247 g/mol. The number of rotatable bonds is 5. The summed E-state index contributed by atoms with van der Waals surface area (Å²) in [5.74, 6) is 2.54. The van der Waals surface area contributed by atoms with Crippen LogP contribution in [0.25, 0.3) is 0 Å². The van der Waals surface area contributed by atoms with Gasteiger partial charge in [0.1, 0.15) is 11.6 Å². The molecule has 2 aromatic rings. The fourth-order valence-electron chi connectivity index (χ4n) is 1.59. The van der Waals surface area contributed by atoms with Crippen LogP contribution in [-0.2, 0) is 11.5 Å². The summed E-state index contributed by atoms with van der Waals surface area (Å²) in [4.78, 5) is 0. The average Bonchev–Trinajstić information content (AvgIpc) is 2.42. The van der Waals surface area contributed by atoms with Gasteiger partial charge in [-0.3, -0.25) is 0 Å². The summed E-state index contributed by atoms with van der Waals surface area (Å²) < 4.78 is 17.8. The number of methoxy groups -OCH3 is 1. The summed E-state index contributed by atoms with van der Waals surface area (Å²) in [7, 11) is 1.66. The van der Waals surface area contributed by atoms with Gasteiger partial charge in [0.05, 0.1) is 7.11 Å². The molecule has 0 aromatic heterocycles. The van der Waals surface area contributed by atoms with E-state index < -0.39 is 0 Å². The van der Waals surface area contributed by atoms with E-state index in [4.69, 9.17) is 4.74 Å². The van der Waals surface area contributed by atoms with Crippen LogP contribution in [0.1, 0.15) is 11.1 Å². The van der Waals surface area contributed by atoms with Crippen LogP contribution < -0.4 is 4.74 Å². The highest BCUT2D eigenvalue weighted by Crippen LogP contribution is 2.20. The highest BCUT2D eigenvalue weighted by atomic mass is 32.2. The first-order valence-corrected chi connectivity index (χ1v) is 6.88. The van der Waals surface area contributed by atoms with Gasteiger partial charge in [-0.05, 0) is 35.4 Å². The van der Waals surface area contributed by atoms with Crippen molar-refractivity contribution in [3.63, 3.8) is 0 Å². The molecule has 0 bridgehead atoms. The van der Waals surface area contributed by atoms with E-state index in [9.17, 15) is 4.39 Å². The number of hydrogen-bond acceptors (Lipinski definition) is 2. The lowest BCUT2D eigenvalue weighted by molar-refractivity contribution is 0.414. The number of thioether (sulfide) groups is 1. The lowest BCUT2D eigenvalue weighted by Gasteiger charge is -2.04. The van der Waals surface area contributed by atoms with Crippen LogP contribution in [0.5, 0.6) is 5.75 Å². The summed E-state index contributed by atoms with van der Waals surface area (Å²) in [6.45, 7) is 0. The third kappa shape index (κ3) is 3.77. The molecule has 2 rings (SSSR count). The summed E-state index contributed by atoms with van der Waals surface area (Å²) in [5.41, 5.74) is 2.41. The molecule has 0 unspecified atom stereocenters. The number of halogens is 1. The first kappa shape index (κ1) is 13.0. The van der Waals surface area contributed by atoms with E-state index in [1.165, 1.54) is 17.7 Å². The molecular formula is C15H15FOS. The first-order valence-electron chi connectivity index (χ1n) is 5.73. The van der Waals surface area contributed by atoms with E-state index in [1.54, 1.807) is 7.11 Å². The Kier molecular flexibility index (Phi) is 4.65. The van der Waals surface area contributed by atoms with E-state index in [0.29, 0.717) is 0 Å². The Bertz CT molecular complexity index is 479. The van der Waals surface area contributed by atoms with Gasteiger partial charge in [-0.15, -0.1) is 0 Å². The predicted molar refractivity (Wildman–Crippen MR) is 74.4 cm³/mol. The maximum absolute atomic E-state index is 12.7. The Morgan fingerprint density at radius 1 is 0.889 bits per heavy atom. The van der Waals surface area contributed by atoms with Gasteiger partial charge in [0, 0.05) is 11.5 Å². The van der Waals surface area contributed by atoms with Gasteiger partial charge in [0.2, 0.25) is 0 Å². The maximum Gasteiger partial charge on any atom is 0.123 e. The molecule has 0 saturated heterocycles. The molecule has 1 nitrogen and oxygen atoms in total. The fourth-order valence-corrected chi connectivity index (χ4v) is 2.55. The molecule has 0 saturated carbocycles. The molecule has 18 heavy (non-hydrogen) atoms. The number of hydrogen-bond donors (Lipinski definition) is 0. The monoisotopic (exact) mass is 262 g/mol. The van der Waals surface area contributed by atoms with Crippen LogP contribution in [0.4, 0.5) is 4.39 Å². The van der Waals surface area contributed by atoms with Crippen molar-refractivity contribution in [1.29, 1.82) is 0 Å². The second-order valence-electron chi connectivity index (χ2n) is 3.97. The molecule has 2 aromatic carbocycles. The summed E-state index contributed by atoms with van der Waals surface area (Å²) in [6.07, 6.45) is 0. The predicted octanol–water partition coefficient (Wildman–Crippen LogP) is 4.27. The zero-order valence-electron chi connectivity index (χ0n) is 10.2. The largest absolute Gasteiger partial charge is 0.497 e. The van der Waals surface area contributed by atoms with Crippen molar-refractivity contribution >= 4 is 11.8 Å². The lowest BCUT2D eigenvalue weighted by Crippen LogP contribution is -1.86. The van der Waals surface area contributed by atoms with Gasteiger partial charge in [0.25, 0.3) is 0 Å². The standard InChI is InChI=1S/C15H15FOS/c1-17-15-8-4-13(5-9-15)11-18-10-12-2-6-14(16)7-3-12/h2-9H,10-11H2,1H3. The number of benzene rings is 2. The minimum absolute atomic E-state index is 0.182. The van der Waals surface area contributed by atoms with Crippen LogP contribution in [0.2, 0.25) is 0 Å². The Hall–Kier alpha value is -1.48. The van der Waals surface area contributed by atoms with Crippen molar-refractivity contribution in [2.24, 2.45) is 0 Å². The van der Waals surface area contributed by atoms with Gasteiger partial charge in [0.15, 0.2) is 0 Å². The lowest BCUT2D eigenvalue weighted by atomic mass is 10.2. The molecule has 0 fully saturated rings. The Balaban J connectivity index is 1.82. The van der Waals surface area contributed by atoms with Crippen molar-refractivity contribution in [1.82, 2.24) is 0 Å². The molecule has 94 valence electrons. The van der Waals surface area contributed by atoms with E-state index in [1.807, 2.05) is 36.0 Å². The smallest absolute Gasteiger partial charge is 0.123 e. The van der Waals surface area contributed by atoms with E-state index in [0.717, 1.165) is 22.8 Å². The van der Waals surface area contributed by atoms with Crippen LogP contribution in [0.3, 0.4) is 0 Å². The Morgan fingerprint density at radius 3 is 1.89 bits per heavy atom. The molecule has 0 aliphatic rings. The third-order valence-corrected chi connectivity index (χ3v) is 3.68. The van der Waals surface area contributed by atoms with E-state index in [-0.39, 0.29) is 5.82 Å². The van der Waals surface area contributed by atoms with Crippen LogP contribution in [0.15, 0.2) is 48.5 Å². The fraction of sp³-hybridized carbons (Fsp3) is 0.200.